The number of carbonyl (C=O) groups is 2. The number of benzene rings is 1. The maximum absolute atomic E-state index is 11.7. The van der Waals surface area contributed by atoms with Gasteiger partial charge in [0.15, 0.2) is 0 Å². The zero-order valence-corrected chi connectivity index (χ0v) is 13.7. The molecule has 7 heteroatoms. The average Bonchev–Trinajstić information content (AvgIpc) is 2.37. The van der Waals surface area contributed by atoms with E-state index < -0.39 is 23.7 Å². The molecule has 0 aromatic heterocycles. The number of amides is 1. The van der Waals surface area contributed by atoms with E-state index in [0.717, 1.165) is 0 Å². The summed E-state index contributed by atoms with van der Waals surface area (Å²) in [4.78, 5) is 23.0. The topological polar surface area (TPSA) is 84.9 Å². The van der Waals surface area contributed by atoms with Crippen LogP contribution in [0.1, 0.15) is 26.3 Å². The van der Waals surface area contributed by atoms with Gasteiger partial charge in [-0.1, -0.05) is 17.7 Å². The monoisotopic (exact) mass is 329 g/mol. The summed E-state index contributed by atoms with van der Waals surface area (Å²) < 4.78 is 10.1. The lowest BCUT2D eigenvalue weighted by molar-refractivity contribution is -0.139. The Hall–Kier alpha value is -1.95. The molecule has 0 fully saturated rings. The molecule has 0 spiro atoms. The number of hydrogen-bond donors (Lipinski definition) is 2. The van der Waals surface area contributed by atoms with Crippen LogP contribution in [0, 0.1) is 0 Å². The number of halogens is 1. The van der Waals surface area contributed by atoms with E-state index in [4.69, 9.17) is 21.1 Å². The summed E-state index contributed by atoms with van der Waals surface area (Å²) in [5, 5.41) is 12.0. The van der Waals surface area contributed by atoms with Crippen LogP contribution >= 0.6 is 11.6 Å². The van der Waals surface area contributed by atoms with Gasteiger partial charge in [0.1, 0.15) is 17.4 Å². The number of hydrogen-bond acceptors (Lipinski definition) is 4. The van der Waals surface area contributed by atoms with Crippen molar-refractivity contribution in [1.29, 1.82) is 0 Å². The highest BCUT2D eigenvalue weighted by Gasteiger charge is 2.24. The van der Waals surface area contributed by atoms with Crippen molar-refractivity contribution < 1.29 is 24.2 Å². The molecular weight excluding hydrogens is 310 g/mol. The van der Waals surface area contributed by atoms with Crippen molar-refractivity contribution in [3.8, 4) is 5.75 Å². The fraction of sp³-hybridized carbons (Fsp3) is 0.467. The molecule has 0 aliphatic rings. The predicted molar refractivity (Wildman–Crippen MR) is 82.5 cm³/mol. The van der Waals surface area contributed by atoms with E-state index in [1.807, 2.05) is 0 Å². The van der Waals surface area contributed by atoms with Gasteiger partial charge in [-0.3, -0.25) is 0 Å². The Bertz CT molecular complexity index is 553. The van der Waals surface area contributed by atoms with Crippen molar-refractivity contribution in [1.82, 2.24) is 5.32 Å². The standard InChI is InChI=1S/C15H20ClNO5/c1-15(2,3)22-14(20)17-11(13(18)19)7-9-5-6-10(16)12(8-9)21-4/h5-6,8,11H,7H2,1-4H3,(H,17,20)(H,18,19)/t11-/m0/s1. The first-order chi connectivity index (χ1) is 10.1. The second kappa shape index (κ2) is 7.35. The Labute approximate surface area is 134 Å². The van der Waals surface area contributed by atoms with Gasteiger partial charge in [-0.15, -0.1) is 0 Å². The van der Waals surface area contributed by atoms with Gasteiger partial charge in [0.05, 0.1) is 12.1 Å². The van der Waals surface area contributed by atoms with Gasteiger partial charge in [0.25, 0.3) is 0 Å². The van der Waals surface area contributed by atoms with Gasteiger partial charge in [0.2, 0.25) is 0 Å². The number of ether oxygens (including phenoxy) is 2. The van der Waals surface area contributed by atoms with E-state index in [-0.39, 0.29) is 6.42 Å². The van der Waals surface area contributed by atoms with Gasteiger partial charge < -0.3 is 19.9 Å². The van der Waals surface area contributed by atoms with Gasteiger partial charge in [-0.25, -0.2) is 9.59 Å². The number of carboxylic acids is 1. The van der Waals surface area contributed by atoms with Gasteiger partial charge in [-0.05, 0) is 38.5 Å². The minimum absolute atomic E-state index is 0.0854. The third-order valence-electron chi connectivity index (χ3n) is 2.64. The van der Waals surface area contributed by atoms with Crippen molar-refractivity contribution in [3.05, 3.63) is 28.8 Å². The fourth-order valence-corrected chi connectivity index (χ4v) is 1.91. The third kappa shape index (κ3) is 5.81. The molecule has 0 saturated heterocycles. The van der Waals surface area contributed by atoms with E-state index in [0.29, 0.717) is 16.3 Å². The Kier molecular flexibility index (Phi) is 6.05. The van der Waals surface area contributed by atoms with E-state index in [2.05, 4.69) is 5.32 Å². The smallest absolute Gasteiger partial charge is 0.408 e. The molecule has 0 aliphatic heterocycles. The van der Waals surface area contributed by atoms with Gasteiger partial charge in [-0.2, -0.15) is 0 Å². The number of methoxy groups -OCH3 is 1. The molecule has 0 radical (unpaired) electrons. The molecule has 0 saturated carbocycles. The van der Waals surface area contributed by atoms with Crippen LogP contribution < -0.4 is 10.1 Å². The Morgan fingerprint density at radius 3 is 2.50 bits per heavy atom. The largest absolute Gasteiger partial charge is 0.495 e. The molecule has 0 aliphatic carbocycles. The quantitative estimate of drug-likeness (QED) is 0.867. The van der Waals surface area contributed by atoms with Crippen LogP contribution in [0.3, 0.4) is 0 Å². The molecule has 1 atom stereocenters. The van der Waals surface area contributed by atoms with Crippen molar-refractivity contribution in [2.45, 2.75) is 38.8 Å². The Balaban J connectivity index is 2.81. The molecule has 1 aromatic rings. The zero-order valence-electron chi connectivity index (χ0n) is 13.0. The first-order valence-electron chi connectivity index (χ1n) is 6.67. The lowest BCUT2D eigenvalue weighted by Gasteiger charge is -2.22. The number of carbonyl (C=O) groups excluding carboxylic acids is 1. The van der Waals surface area contributed by atoms with E-state index in [1.54, 1.807) is 39.0 Å². The van der Waals surface area contributed by atoms with Crippen LogP contribution in [0.2, 0.25) is 5.02 Å². The van der Waals surface area contributed by atoms with E-state index >= 15 is 0 Å². The van der Waals surface area contributed by atoms with Crippen LogP contribution in [0.25, 0.3) is 0 Å². The van der Waals surface area contributed by atoms with Crippen LogP contribution in [0.4, 0.5) is 4.79 Å². The SMILES string of the molecule is COc1cc(C[C@H](NC(=O)OC(C)(C)C)C(=O)O)ccc1Cl. The summed E-state index contributed by atoms with van der Waals surface area (Å²) in [5.41, 5.74) is -0.0268. The first kappa shape index (κ1) is 18.1. The molecule has 6 nitrogen and oxygen atoms in total. The maximum Gasteiger partial charge on any atom is 0.408 e. The summed E-state index contributed by atoms with van der Waals surface area (Å²) in [5.74, 6) is -0.708. The Morgan fingerprint density at radius 1 is 1.36 bits per heavy atom. The number of carboxylic acid groups (broad SMARTS) is 1. The van der Waals surface area contributed by atoms with Gasteiger partial charge >= 0.3 is 12.1 Å². The molecule has 0 unspecified atom stereocenters. The molecule has 22 heavy (non-hydrogen) atoms. The van der Waals surface area contributed by atoms with Crippen LogP contribution in [0.15, 0.2) is 18.2 Å². The molecule has 0 heterocycles. The van der Waals surface area contributed by atoms with E-state index in [9.17, 15) is 14.7 Å². The van der Waals surface area contributed by atoms with Gasteiger partial charge in [0, 0.05) is 6.42 Å². The lowest BCUT2D eigenvalue weighted by atomic mass is 10.1. The minimum atomic E-state index is -1.15. The number of rotatable bonds is 5. The number of alkyl carbamates (subject to hydrolysis) is 1. The fourth-order valence-electron chi connectivity index (χ4n) is 1.72. The maximum atomic E-state index is 11.7. The molecular formula is C15H20ClNO5. The highest BCUT2D eigenvalue weighted by Crippen LogP contribution is 2.25. The summed E-state index contributed by atoms with van der Waals surface area (Å²) in [6.45, 7) is 5.10. The highest BCUT2D eigenvalue weighted by atomic mass is 35.5. The predicted octanol–water partition coefficient (Wildman–Crippen LogP) is 2.87. The van der Waals surface area contributed by atoms with Crippen LogP contribution in [-0.2, 0) is 16.0 Å². The second-order valence-corrected chi connectivity index (χ2v) is 6.12. The van der Waals surface area contributed by atoms with Crippen LogP contribution in [0.5, 0.6) is 5.75 Å². The van der Waals surface area contributed by atoms with Crippen LogP contribution in [-0.4, -0.2) is 35.9 Å². The normalized spacial score (nSPS) is 12.4. The minimum Gasteiger partial charge on any atom is -0.495 e. The highest BCUT2D eigenvalue weighted by molar-refractivity contribution is 6.32. The molecule has 2 N–H and O–H groups in total. The summed E-state index contributed by atoms with van der Waals surface area (Å²) in [6, 6.07) is 3.81. The second-order valence-electron chi connectivity index (χ2n) is 5.71. The number of nitrogens with one attached hydrogen (secondary N) is 1. The molecule has 122 valence electrons. The molecule has 1 rings (SSSR count). The zero-order chi connectivity index (χ0) is 16.9. The summed E-state index contributed by atoms with van der Waals surface area (Å²) >= 11 is 5.92. The molecule has 1 aromatic carbocycles. The van der Waals surface area contributed by atoms with Crippen molar-refractivity contribution in [2.24, 2.45) is 0 Å². The molecule has 0 bridgehead atoms. The van der Waals surface area contributed by atoms with Crippen molar-refractivity contribution in [3.63, 3.8) is 0 Å². The molecule has 1 amide bonds. The lowest BCUT2D eigenvalue weighted by Crippen LogP contribution is -2.44. The van der Waals surface area contributed by atoms with E-state index in [1.165, 1.54) is 7.11 Å². The van der Waals surface area contributed by atoms with Crippen molar-refractivity contribution in [2.75, 3.05) is 7.11 Å². The number of aliphatic carboxylic acids is 1. The Morgan fingerprint density at radius 2 is 2.00 bits per heavy atom. The van der Waals surface area contributed by atoms with Crippen molar-refractivity contribution >= 4 is 23.7 Å². The average molecular weight is 330 g/mol. The summed E-state index contributed by atoms with van der Waals surface area (Å²) in [7, 11) is 1.47. The first-order valence-corrected chi connectivity index (χ1v) is 7.05. The summed E-state index contributed by atoms with van der Waals surface area (Å²) in [6.07, 6.45) is -0.692. The third-order valence-corrected chi connectivity index (χ3v) is 2.96.